The van der Waals surface area contributed by atoms with Gasteiger partial charge in [-0.2, -0.15) is 0 Å². The lowest BCUT2D eigenvalue weighted by atomic mass is 10.3. The van der Waals surface area contributed by atoms with Crippen LogP contribution in [0.2, 0.25) is 0 Å². The summed E-state index contributed by atoms with van der Waals surface area (Å²) in [5.41, 5.74) is 5.78. The Kier molecular flexibility index (Phi) is 7.89. The van der Waals surface area contributed by atoms with E-state index in [9.17, 15) is 4.79 Å². The van der Waals surface area contributed by atoms with Gasteiger partial charge in [0.05, 0.1) is 0 Å². The molecule has 4 heteroatoms. The van der Waals surface area contributed by atoms with Crippen LogP contribution in [0.25, 0.3) is 0 Å². The Morgan fingerprint density at radius 3 is 2.38 bits per heavy atom. The Morgan fingerprint density at radius 1 is 1.38 bits per heavy atom. The molecule has 0 aliphatic rings. The number of carbonyl (C=O) groups is 1. The lowest BCUT2D eigenvalue weighted by Crippen LogP contribution is -2.20. The van der Waals surface area contributed by atoms with Gasteiger partial charge in [0, 0.05) is 31.4 Å². The summed E-state index contributed by atoms with van der Waals surface area (Å²) >= 11 is 0. The quantitative estimate of drug-likeness (QED) is 0.380. The minimum atomic E-state index is -0.344. The van der Waals surface area contributed by atoms with Crippen LogP contribution in [0.4, 0.5) is 0 Å². The van der Waals surface area contributed by atoms with Gasteiger partial charge in [0.1, 0.15) is 6.61 Å². The van der Waals surface area contributed by atoms with Crippen molar-refractivity contribution in [1.29, 1.82) is 0 Å². The monoisotopic (exact) mass is 224 g/mol. The van der Waals surface area contributed by atoms with E-state index in [1.807, 2.05) is 4.90 Å². The van der Waals surface area contributed by atoms with Crippen LogP contribution < -0.4 is 5.73 Å². The summed E-state index contributed by atoms with van der Waals surface area (Å²) in [6.45, 7) is 10.9. The maximum atomic E-state index is 11.4. The normalized spacial score (nSPS) is 10.8. The summed E-state index contributed by atoms with van der Waals surface area (Å²) in [6, 6.07) is 0. The fourth-order valence-electron chi connectivity index (χ4n) is 1.10. The predicted molar refractivity (Wildman–Crippen MR) is 65.7 cm³/mol. The van der Waals surface area contributed by atoms with E-state index in [1.165, 1.54) is 0 Å². The predicted octanol–water partition coefficient (Wildman–Crippen LogP) is 1.07. The molecule has 2 N–H and O–H groups in total. The zero-order chi connectivity index (χ0) is 12.4. The summed E-state index contributed by atoms with van der Waals surface area (Å²) in [4.78, 5) is 13.3. The number of rotatable bonds is 8. The first kappa shape index (κ1) is 14.5. The summed E-state index contributed by atoms with van der Waals surface area (Å²) in [5.74, 6) is -0.344. The van der Waals surface area contributed by atoms with E-state index in [0.717, 1.165) is 0 Å². The molecule has 0 heterocycles. The minimum Gasteiger partial charge on any atom is -0.461 e. The van der Waals surface area contributed by atoms with Crippen LogP contribution in [0, 0.1) is 0 Å². The standard InChI is InChI=1S/C12H20N2O2/c1-4-7-14(8-5-2)10-11(3)12(15)16-9-6-13/h4-5,10H,1-2,6-9,13H2,3H3. The van der Waals surface area contributed by atoms with Crippen LogP contribution in [0.1, 0.15) is 6.92 Å². The maximum Gasteiger partial charge on any atom is 0.335 e. The molecular formula is C12H20N2O2. The van der Waals surface area contributed by atoms with Gasteiger partial charge in [-0.15, -0.1) is 13.2 Å². The molecule has 0 rings (SSSR count). The van der Waals surface area contributed by atoms with E-state index >= 15 is 0 Å². The van der Waals surface area contributed by atoms with Crippen molar-refractivity contribution in [3.05, 3.63) is 37.1 Å². The summed E-state index contributed by atoms with van der Waals surface area (Å²) in [6.07, 6.45) is 5.26. The molecule has 0 amide bonds. The van der Waals surface area contributed by atoms with Gasteiger partial charge in [0.2, 0.25) is 0 Å². The zero-order valence-electron chi connectivity index (χ0n) is 9.82. The van der Waals surface area contributed by atoms with E-state index in [0.29, 0.717) is 25.2 Å². The average molecular weight is 224 g/mol. The molecule has 0 atom stereocenters. The van der Waals surface area contributed by atoms with E-state index in [2.05, 4.69) is 13.2 Å². The molecule has 0 bridgehead atoms. The molecule has 0 aliphatic carbocycles. The van der Waals surface area contributed by atoms with Crippen molar-refractivity contribution in [1.82, 2.24) is 4.90 Å². The molecular weight excluding hydrogens is 204 g/mol. The van der Waals surface area contributed by atoms with Gasteiger partial charge in [0.25, 0.3) is 0 Å². The molecule has 90 valence electrons. The van der Waals surface area contributed by atoms with Gasteiger partial charge >= 0.3 is 5.97 Å². The molecule has 0 unspecified atom stereocenters. The second-order valence-corrected chi connectivity index (χ2v) is 3.27. The van der Waals surface area contributed by atoms with E-state index in [-0.39, 0.29) is 12.6 Å². The maximum absolute atomic E-state index is 11.4. The Morgan fingerprint density at radius 2 is 1.94 bits per heavy atom. The van der Waals surface area contributed by atoms with Gasteiger partial charge in [-0.25, -0.2) is 4.79 Å². The number of carbonyl (C=O) groups excluding carboxylic acids is 1. The van der Waals surface area contributed by atoms with E-state index in [4.69, 9.17) is 10.5 Å². The molecule has 0 saturated carbocycles. The van der Waals surface area contributed by atoms with Crippen molar-refractivity contribution in [3.8, 4) is 0 Å². The minimum absolute atomic E-state index is 0.243. The number of hydrogen-bond acceptors (Lipinski definition) is 4. The number of esters is 1. The molecule has 0 fully saturated rings. The van der Waals surface area contributed by atoms with Crippen molar-refractivity contribution in [2.24, 2.45) is 5.73 Å². The van der Waals surface area contributed by atoms with Crippen molar-refractivity contribution < 1.29 is 9.53 Å². The number of hydrogen-bond donors (Lipinski definition) is 1. The second-order valence-electron chi connectivity index (χ2n) is 3.27. The Hall–Kier alpha value is -1.55. The van der Waals surface area contributed by atoms with Gasteiger partial charge in [-0.3, -0.25) is 0 Å². The Bertz CT molecular complexity index is 262. The fourth-order valence-corrected chi connectivity index (χ4v) is 1.10. The number of ether oxygens (including phenoxy) is 1. The molecule has 0 aromatic heterocycles. The van der Waals surface area contributed by atoms with Gasteiger partial charge in [-0.1, -0.05) is 12.2 Å². The first-order chi connectivity index (χ1) is 7.65. The van der Waals surface area contributed by atoms with Crippen molar-refractivity contribution in [3.63, 3.8) is 0 Å². The molecule has 0 spiro atoms. The van der Waals surface area contributed by atoms with E-state index in [1.54, 1.807) is 25.3 Å². The Labute approximate surface area is 97.1 Å². The highest BCUT2D eigenvalue weighted by Gasteiger charge is 2.06. The van der Waals surface area contributed by atoms with Crippen LogP contribution in [0.15, 0.2) is 37.1 Å². The zero-order valence-corrected chi connectivity index (χ0v) is 9.82. The average Bonchev–Trinajstić information content (AvgIpc) is 2.26. The third-order valence-corrected chi connectivity index (χ3v) is 1.78. The van der Waals surface area contributed by atoms with E-state index < -0.39 is 0 Å². The van der Waals surface area contributed by atoms with Crippen LogP contribution in [-0.4, -0.2) is 37.1 Å². The molecule has 4 nitrogen and oxygen atoms in total. The molecule has 0 aliphatic heterocycles. The van der Waals surface area contributed by atoms with Crippen LogP contribution >= 0.6 is 0 Å². The molecule has 16 heavy (non-hydrogen) atoms. The van der Waals surface area contributed by atoms with Crippen molar-refractivity contribution in [2.45, 2.75) is 6.92 Å². The van der Waals surface area contributed by atoms with Crippen LogP contribution in [-0.2, 0) is 9.53 Å². The topological polar surface area (TPSA) is 55.6 Å². The smallest absolute Gasteiger partial charge is 0.335 e. The van der Waals surface area contributed by atoms with Crippen molar-refractivity contribution in [2.75, 3.05) is 26.2 Å². The number of nitrogens with zero attached hydrogens (tertiary/aromatic N) is 1. The van der Waals surface area contributed by atoms with Gasteiger partial charge < -0.3 is 15.4 Å². The fraction of sp³-hybridized carbons (Fsp3) is 0.417. The van der Waals surface area contributed by atoms with Gasteiger partial charge in [0.15, 0.2) is 0 Å². The SMILES string of the molecule is C=CCN(C=C(C)C(=O)OCCN)CC=C. The third-order valence-electron chi connectivity index (χ3n) is 1.78. The first-order valence-electron chi connectivity index (χ1n) is 5.17. The van der Waals surface area contributed by atoms with Crippen LogP contribution in [0.5, 0.6) is 0 Å². The number of nitrogens with two attached hydrogens (primary N) is 1. The van der Waals surface area contributed by atoms with Crippen LogP contribution in [0.3, 0.4) is 0 Å². The summed E-state index contributed by atoms with van der Waals surface area (Å²) in [7, 11) is 0. The van der Waals surface area contributed by atoms with Crippen molar-refractivity contribution >= 4 is 5.97 Å². The highest BCUT2D eigenvalue weighted by atomic mass is 16.5. The molecule has 0 saturated heterocycles. The molecule has 0 radical (unpaired) electrons. The Balaban J connectivity index is 4.37. The summed E-state index contributed by atoms with van der Waals surface area (Å²) in [5, 5.41) is 0. The first-order valence-corrected chi connectivity index (χ1v) is 5.17. The lowest BCUT2D eigenvalue weighted by Gasteiger charge is -2.17. The van der Waals surface area contributed by atoms with Gasteiger partial charge in [-0.05, 0) is 6.92 Å². The highest BCUT2D eigenvalue weighted by Crippen LogP contribution is 2.01. The highest BCUT2D eigenvalue weighted by molar-refractivity contribution is 5.87. The molecule has 0 aromatic carbocycles. The third kappa shape index (κ3) is 6.03. The summed E-state index contributed by atoms with van der Waals surface area (Å²) < 4.78 is 4.90. The lowest BCUT2D eigenvalue weighted by molar-refractivity contribution is -0.138. The molecule has 0 aromatic rings. The second kappa shape index (κ2) is 8.73. The largest absolute Gasteiger partial charge is 0.461 e.